The van der Waals surface area contributed by atoms with E-state index in [0.29, 0.717) is 19.5 Å². The lowest BCUT2D eigenvalue weighted by Gasteiger charge is -2.39. The van der Waals surface area contributed by atoms with Crippen molar-refractivity contribution in [2.45, 2.75) is 38.1 Å². The van der Waals surface area contributed by atoms with E-state index in [4.69, 9.17) is 5.73 Å². The summed E-state index contributed by atoms with van der Waals surface area (Å²) in [6.45, 7) is 0.960. The molecule has 90 valence electrons. The molecule has 5 nitrogen and oxygen atoms in total. The molecule has 0 aromatic rings. The lowest BCUT2D eigenvalue weighted by Crippen LogP contribution is -2.52. The van der Waals surface area contributed by atoms with Crippen LogP contribution in [0.25, 0.3) is 0 Å². The van der Waals surface area contributed by atoms with Gasteiger partial charge >= 0.3 is 0 Å². The quantitative estimate of drug-likeness (QED) is 0.603. The van der Waals surface area contributed by atoms with E-state index >= 15 is 0 Å². The fraction of sp³-hybridized carbons (Fsp3) is 0.818. The van der Waals surface area contributed by atoms with E-state index in [1.165, 1.54) is 0 Å². The molecule has 1 heterocycles. The maximum absolute atomic E-state index is 11.9. The first-order valence-electron chi connectivity index (χ1n) is 5.94. The molecule has 0 aromatic heterocycles. The number of carbonyl (C=O) groups is 2. The molecule has 2 aliphatic rings. The summed E-state index contributed by atoms with van der Waals surface area (Å²) in [4.78, 5) is 22.9. The molecule has 1 aliphatic heterocycles. The van der Waals surface area contributed by atoms with Crippen LogP contribution in [0.5, 0.6) is 0 Å². The SMILES string of the molecule is NCC1(C(=O)NCC2CCC(=O)N2)CCC1. The van der Waals surface area contributed by atoms with Crippen molar-refractivity contribution in [1.29, 1.82) is 0 Å². The topological polar surface area (TPSA) is 84.2 Å². The maximum Gasteiger partial charge on any atom is 0.227 e. The van der Waals surface area contributed by atoms with Gasteiger partial charge in [-0.05, 0) is 19.3 Å². The molecule has 1 unspecified atom stereocenters. The number of nitrogens with one attached hydrogen (secondary N) is 2. The van der Waals surface area contributed by atoms with Gasteiger partial charge in [0, 0.05) is 25.6 Å². The molecule has 1 aliphatic carbocycles. The van der Waals surface area contributed by atoms with Gasteiger partial charge < -0.3 is 16.4 Å². The van der Waals surface area contributed by atoms with Crippen molar-refractivity contribution >= 4 is 11.8 Å². The zero-order valence-corrected chi connectivity index (χ0v) is 9.42. The first-order chi connectivity index (χ1) is 7.66. The number of hydrogen-bond acceptors (Lipinski definition) is 3. The smallest absolute Gasteiger partial charge is 0.227 e. The van der Waals surface area contributed by atoms with Crippen molar-refractivity contribution in [1.82, 2.24) is 10.6 Å². The Kier molecular flexibility index (Phi) is 3.14. The molecule has 2 fully saturated rings. The Morgan fingerprint density at radius 2 is 2.31 bits per heavy atom. The molecule has 1 atom stereocenters. The zero-order chi connectivity index (χ0) is 11.6. The average Bonchev–Trinajstić information content (AvgIpc) is 2.60. The van der Waals surface area contributed by atoms with E-state index in [0.717, 1.165) is 25.7 Å². The summed E-state index contributed by atoms with van der Waals surface area (Å²) in [6.07, 6.45) is 4.26. The largest absolute Gasteiger partial charge is 0.354 e. The standard InChI is InChI=1S/C11H19N3O2/c12-7-11(4-1-5-11)10(16)13-6-8-2-3-9(15)14-8/h8H,1-7,12H2,(H,13,16)(H,14,15). The number of amides is 2. The van der Waals surface area contributed by atoms with Crippen LogP contribution in [-0.4, -0.2) is 30.9 Å². The van der Waals surface area contributed by atoms with Gasteiger partial charge in [0.15, 0.2) is 0 Å². The Balaban J connectivity index is 1.77. The van der Waals surface area contributed by atoms with Crippen LogP contribution in [0.4, 0.5) is 0 Å². The van der Waals surface area contributed by atoms with Gasteiger partial charge in [-0.15, -0.1) is 0 Å². The Morgan fingerprint density at radius 3 is 2.75 bits per heavy atom. The van der Waals surface area contributed by atoms with Crippen LogP contribution in [0.15, 0.2) is 0 Å². The Hall–Kier alpha value is -1.10. The minimum absolute atomic E-state index is 0.0578. The molecule has 1 saturated carbocycles. The van der Waals surface area contributed by atoms with E-state index in [1.807, 2.05) is 0 Å². The van der Waals surface area contributed by atoms with Gasteiger partial charge in [0.1, 0.15) is 0 Å². The molecule has 0 spiro atoms. The van der Waals surface area contributed by atoms with Gasteiger partial charge in [-0.2, -0.15) is 0 Å². The van der Waals surface area contributed by atoms with Gasteiger partial charge in [-0.25, -0.2) is 0 Å². The predicted octanol–water partition coefficient (Wildman–Crippen LogP) is -0.490. The van der Waals surface area contributed by atoms with Crippen molar-refractivity contribution in [3.05, 3.63) is 0 Å². The van der Waals surface area contributed by atoms with Crippen LogP contribution < -0.4 is 16.4 Å². The van der Waals surface area contributed by atoms with Gasteiger partial charge in [0.2, 0.25) is 11.8 Å². The van der Waals surface area contributed by atoms with Gasteiger partial charge in [-0.3, -0.25) is 9.59 Å². The van der Waals surface area contributed by atoms with Crippen molar-refractivity contribution < 1.29 is 9.59 Å². The summed E-state index contributed by atoms with van der Waals surface area (Å²) in [5, 5.41) is 5.73. The molecule has 0 aromatic carbocycles. The molecule has 0 radical (unpaired) electrons. The second kappa shape index (κ2) is 4.41. The Morgan fingerprint density at radius 1 is 1.56 bits per heavy atom. The van der Waals surface area contributed by atoms with Crippen LogP contribution in [0, 0.1) is 5.41 Å². The highest BCUT2D eigenvalue weighted by molar-refractivity contribution is 5.84. The molecule has 16 heavy (non-hydrogen) atoms. The highest BCUT2D eigenvalue weighted by atomic mass is 16.2. The molecule has 1 saturated heterocycles. The third kappa shape index (κ3) is 2.04. The van der Waals surface area contributed by atoms with Crippen LogP contribution in [0.1, 0.15) is 32.1 Å². The van der Waals surface area contributed by atoms with Gasteiger partial charge in [-0.1, -0.05) is 6.42 Å². The first-order valence-corrected chi connectivity index (χ1v) is 5.94. The van der Waals surface area contributed by atoms with E-state index in [9.17, 15) is 9.59 Å². The van der Waals surface area contributed by atoms with E-state index in [1.54, 1.807) is 0 Å². The summed E-state index contributed by atoms with van der Waals surface area (Å²) in [5.41, 5.74) is 5.33. The second-order valence-corrected chi connectivity index (χ2v) is 4.85. The third-order valence-electron chi connectivity index (χ3n) is 3.78. The van der Waals surface area contributed by atoms with E-state index in [2.05, 4.69) is 10.6 Å². The Labute approximate surface area is 95.1 Å². The Bertz CT molecular complexity index is 294. The second-order valence-electron chi connectivity index (χ2n) is 4.85. The maximum atomic E-state index is 11.9. The normalized spacial score (nSPS) is 27.1. The molecule has 0 bridgehead atoms. The fourth-order valence-electron chi connectivity index (χ4n) is 2.36. The van der Waals surface area contributed by atoms with E-state index in [-0.39, 0.29) is 23.3 Å². The summed E-state index contributed by atoms with van der Waals surface area (Å²) >= 11 is 0. The monoisotopic (exact) mass is 225 g/mol. The van der Waals surface area contributed by atoms with Crippen LogP contribution in [0.3, 0.4) is 0 Å². The molecule has 5 heteroatoms. The van der Waals surface area contributed by atoms with Crippen molar-refractivity contribution in [3.8, 4) is 0 Å². The number of nitrogens with two attached hydrogens (primary N) is 1. The molecule has 4 N–H and O–H groups in total. The molecule has 2 rings (SSSR count). The lowest BCUT2D eigenvalue weighted by atomic mass is 9.68. The third-order valence-corrected chi connectivity index (χ3v) is 3.78. The summed E-state index contributed by atoms with van der Waals surface area (Å²) in [7, 11) is 0. The number of carbonyl (C=O) groups excluding carboxylic acids is 2. The van der Waals surface area contributed by atoms with Gasteiger partial charge in [0.05, 0.1) is 5.41 Å². The zero-order valence-electron chi connectivity index (χ0n) is 9.42. The average molecular weight is 225 g/mol. The van der Waals surface area contributed by atoms with Crippen LogP contribution >= 0.6 is 0 Å². The number of rotatable bonds is 4. The van der Waals surface area contributed by atoms with Crippen LogP contribution in [-0.2, 0) is 9.59 Å². The minimum atomic E-state index is -0.317. The highest BCUT2D eigenvalue weighted by Crippen LogP contribution is 2.39. The minimum Gasteiger partial charge on any atom is -0.354 e. The lowest BCUT2D eigenvalue weighted by molar-refractivity contribution is -0.135. The van der Waals surface area contributed by atoms with Gasteiger partial charge in [0.25, 0.3) is 0 Å². The number of hydrogen-bond donors (Lipinski definition) is 3. The summed E-state index contributed by atoms with van der Waals surface area (Å²) < 4.78 is 0. The molecular formula is C11H19N3O2. The fourth-order valence-corrected chi connectivity index (χ4v) is 2.36. The van der Waals surface area contributed by atoms with Crippen molar-refractivity contribution in [2.24, 2.45) is 11.1 Å². The molecular weight excluding hydrogens is 206 g/mol. The van der Waals surface area contributed by atoms with Crippen molar-refractivity contribution in [2.75, 3.05) is 13.1 Å². The van der Waals surface area contributed by atoms with Crippen LogP contribution in [0.2, 0.25) is 0 Å². The van der Waals surface area contributed by atoms with E-state index < -0.39 is 0 Å². The highest BCUT2D eigenvalue weighted by Gasteiger charge is 2.42. The predicted molar refractivity (Wildman–Crippen MR) is 59.5 cm³/mol. The summed E-state index contributed by atoms with van der Waals surface area (Å²) in [5.74, 6) is 0.138. The summed E-state index contributed by atoms with van der Waals surface area (Å²) in [6, 6.07) is 0.103. The first kappa shape index (κ1) is 11.4. The van der Waals surface area contributed by atoms with Crippen molar-refractivity contribution in [3.63, 3.8) is 0 Å². The molecule has 2 amide bonds.